The summed E-state index contributed by atoms with van der Waals surface area (Å²) in [5.74, 6) is -0.0557. The highest BCUT2D eigenvalue weighted by Gasteiger charge is 2.31. The lowest BCUT2D eigenvalue weighted by molar-refractivity contribution is 0.0982. The molecule has 22 heavy (non-hydrogen) atoms. The average molecular weight is 315 g/mol. The fourth-order valence-corrected chi connectivity index (χ4v) is 4.30. The quantitative estimate of drug-likeness (QED) is 0.875. The molecule has 0 aromatic heterocycles. The van der Waals surface area contributed by atoms with Gasteiger partial charge in [0.25, 0.3) is 0 Å². The van der Waals surface area contributed by atoms with E-state index in [1.165, 1.54) is 4.31 Å². The number of ketones is 1. The van der Waals surface area contributed by atoms with E-state index in [0.29, 0.717) is 11.3 Å². The van der Waals surface area contributed by atoms with Gasteiger partial charge < -0.3 is 0 Å². The van der Waals surface area contributed by atoms with Crippen molar-refractivity contribution in [2.45, 2.75) is 19.1 Å². The third kappa shape index (κ3) is 2.76. The molecule has 0 saturated carbocycles. The highest BCUT2D eigenvalue weighted by atomic mass is 32.2. The van der Waals surface area contributed by atoms with Gasteiger partial charge in [-0.15, -0.1) is 0 Å². The lowest BCUT2D eigenvalue weighted by Gasteiger charge is -2.30. The molecule has 4 nitrogen and oxygen atoms in total. The van der Waals surface area contributed by atoms with E-state index in [0.717, 1.165) is 11.1 Å². The molecule has 1 heterocycles. The number of anilines is 1. The average Bonchev–Trinajstić information content (AvgIpc) is 2.48. The van der Waals surface area contributed by atoms with Crippen molar-refractivity contribution in [3.05, 3.63) is 65.2 Å². The van der Waals surface area contributed by atoms with Crippen LogP contribution in [0.15, 0.2) is 48.5 Å². The molecule has 0 N–H and O–H groups in total. The van der Waals surface area contributed by atoms with E-state index in [2.05, 4.69) is 0 Å². The Morgan fingerprint density at radius 3 is 2.55 bits per heavy atom. The van der Waals surface area contributed by atoms with Gasteiger partial charge in [-0.3, -0.25) is 9.10 Å². The summed E-state index contributed by atoms with van der Waals surface area (Å²) >= 11 is 0. The van der Waals surface area contributed by atoms with E-state index < -0.39 is 10.0 Å². The first kappa shape index (κ1) is 14.8. The molecule has 114 valence electrons. The Hall–Kier alpha value is -2.14. The van der Waals surface area contributed by atoms with Gasteiger partial charge in [-0.25, -0.2) is 8.42 Å². The van der Waals surface area contributed by atoms with Crippen LogP contribution in [0.1, 0.15) is 27.9 Å². The third-order valence-corrected chi connectivity index (χ3v) is 5.54. The van der Waals surface area contributed by atoms with Gasteiger partial charge >= 0.3 is 0 Å². The Bertz CT molecular complexity index is 813. The maximum absolute atomic E-state index is 12.7. The normalized spacial score (nSPS) is 14.8. The number of carbonyl (C=O) groups is 1. The van der Waals surface area contributed by atoms with E-state index in [1.807, 2.05) is 31.2 Å². The summed E-state index contributed by atoms with van der Waals surface area (Å²) in [6.45, 7) is 2.11. The number of sulfonamides is 1. The van der Waals surface area contributed by atoms with E-state index in [1.54, 1.807) is 24.3 Å². The van der Waals surface area contributed by atoms with Gasteiger partial charge in [-0.2, -0.15) is 0 Å². The molecule has 1 aliphatic heterocycles. The highest BCUT2D eigenvalue weighted by Crippen LogP contribution is 2.31. The lowest BCUT2D eigenvalue weighted by atomic mass is 10.0. The number of hydrogen-bond donors (Lipinski definition) is 0. The topological polar surface area (TPSA) is 54.5 Å². The van der Waals surface area contributed by atoms with E-state index in [9.17, 15) is 13.2 Å². The zero-order valence-corrected chi connectivity index (χ0v) is 13.1. The fraction of sp³-hybridized carbons (Fsp3) is 0.235. The molecule has 0 aliphatic carbocycles. The molecule has 2 aromatic carbocycles. The maximum atomic E-state index is 12.7. The van der Waals surface area contributed by atoms with Crippen LogP contribution in [0.2, 0.25) is 0 Å². The Kier molecular flexibility index (Phi) is 3.74. The Morgan fingerprint density at radius 1 is 1.09 bits per heavy atom. The van der Waals surface area contributed by atoms with Crippen molar-refractivity contribution >= 4 is 21.5 Å². The zero-order valence-electron chi connectivity index (χ0n) is 12.3. The molecule has 0 spiro atoms. The predicted molar refractivity (Wildman–Crippen MR) is 86.5 cm³/mol. The molecule has 0 amide bonds. The Balaban J connectivity index is 1.99. The number of fused-ring (bicyclic) bond motifs is 1. The van der Waals surface area contributed by atoms with Crippen molar-refractivity contribution in [2.75, 3.05) is 10.8 Å². The second kappa shape index (κ2) is 5.57. The number of hydrogen-bond acceptors (Lipinski definition) is 3. The molecule has 0 atom stereocenters. The van der Waals surface area contributed by atoms with Gasteiger partial charge in [0.1, 0.15) is 0 Å². The number of Topliss-reactive ketones (excluding diaryl/α,β-unsaturated/α-hetero) is 1. The molecule has 1 aliphatic rings. The summed E-state index contributed by atoms with van der Waals surface area (Å²) in [5.41, 5.74) is 2.70. The Morgan fingerprint density at radius 2 is 1.82 bits per heavy atom. The fourth-order valence-electron chi connectivity index (χ4n) is 2.70. The van der Waals surface area contributed by atoms with Crippen LogP contribution in [0.5, 0.6) is 0 Å². The minimum Gasteiger partial charge on any atom is -0.294 e. The molecule has 5 heteroatoms. The molecule has 0 radical (unpaired) electrons. The second-order valence-corrected chi connectivity index (χ2v) is 7.40. The van der Waals surface area contributed by atoms with Gasteiger partial charge in [0.2, 0.25) is 10.0 Å². The van der Waals surface area contributed by atoms with Crippen molar-refractivity contribution in [1.29, 1.82) is 0 Å². The van der Waals surface area contributed by atoms with Crippen LogP contribution in [-0.4, -0.2) is 20.7 Å². The summed E-state index contributed by atoms with van der Waals surface area (Å²) in [6, 6.07) is 14.4. The van der Waals surface area contributed by atoms with Crippen molar-refractivity contribution in [2.24, 2.45) is 0 Å². The first-order chi connectivity index (χ1) is 10.5. The lowest BCUT2D eigenvalue weighted by Crippen LogP contribution is -2.38. The maximum Gasteiger partial charge on any atom is 0.239 e. The van der Waals surface area contributed by atoms with Crippen LogP contribution in [0.25, 0.3) is 0 Å². The molecule has 2 aromatic rings. The minimum absolute atomic E-state index is 0.00450. The summed E-state index contributed by atoms with van der Waals surface area (Å²) in [7, 11) is -3.50. The third-order valence-electron chi connectivity index (χ3n) is 3.79. The molecule has 0 bridgehead atoms. The van der Waals surface area contributed by atoms with Gasteiger partial charge in [0.15, 0.2) is 5.78 Å². The molecular formula is C17H17NO3S. The van der Waals surface area contributed by atoms with E-state index in [4.69, 9.17) is 0 Å². The number of aryl methyl sites for hydroxylation is 1. The molecule has 3 rings (SSSR count). The van der Waals surface area contributed by atoms with Gasteiger partial charge in [-0.1, -0.05) is 42.0 Å². The summed E-state index contributed by atoms with van der Waals surface area (Å²) in [5, 5.41) is 0. The van der Waals surface area contributed by atoms with Crippen LogP contribution in [-0.2, 0) is 15.8 Å². The first-order valence-electron chi connectivity index (χ1n) is 7.15. The number of nitrogens with zero attached hydrogens (tertiary/aromatic N) is 1. The summed E-state index contributed by atoms with van der Waals surface area (Å²) in [4.78, 5) is 12.0. The van der Waals surface area contributed by atoms with Crippen molar-refractivity contribution in [3.63, 3.8) is 0 Å². The number of benzene rings is 2. The smallest absolute Gasteiger partial charge is 0.239 e. The summed E-state index contributed by atoms with van der Waals surface area (Å²) in [6.07, 6.45) is 0.227. The van der Waals surface area contributed by atoms with Crippen molar-refractivity contribution < 1.29 is 13.2 Å². The van der Waals surface area contributed by atoms with Crippen LogP contribution >= 0.6 is 0 Å². The zero-order chi connectivity index (χ0) is 15.7. The SMILES string of the molecule is Cc1ccc2c(c1)C(=O)CCN2S(=O)(=O)Cc1ccccc1. The first-order valence-corrected chi connectivity index (χ1v) is 8.76. The second-order valence-electron chi connectivity index (χ2n) is 5.51. The number of carbonyl (C=O) groups excluding carboxylic acids is 1. The van der Waals surface area contributed by atoms with E-state index in [-0.39, 0.29) is 24.5 Å². The molecule has 0 fully saturated rings. The van der Waals surface area contributed by atoms with Crippen LogP contribution in [0.3, 0.4) is 0 Å². The van der Waals surface area contributed by atoms with Crippen LogP contribution in [0, 0.1) is 6.92 Å². The summed E-state index contributed by atoms with van der Waals surface area (Å²) < 4.78 is 26.8. The van der Waals surface area contributed by atoms with Gasteiger partial charge in [0.05, 0.1) is 11.4 Å². The largest absolute Gasteiger partial charge is 0.294 e. The Labute approximate surface area is 130 Å². The van der Waals surface area contributed by atoms with Crippen LogP contribution in [0.4, 0.5) is 5.69 Å². The molecule has 0 saturated heterocycles. The standard InChI is InChI=1S/C17H17NO3S/c1-13-7-8-16-15(11-13)17(19)9-10-18(16)22(20,21)12-14-5-3-2-4-6-14/h2-8,11H,9-10,12H2,1H3. The van der Waals surface area contributed by atoms with Gasteiger partial charge in [-0.05, 0) is 24.6 Å². The molecular weight excluding hydrogens is 298 g/mol. The predicted octanol–water partition coefficient (Wildman–Crippen LogP) is 2.92. The van der Waals surface area contributed by atoms with Crippen LogP contribution < -0.4 is 4.31 Å². The van der Waals surface area contributed by atoms with Gasteiger partial charge in [0, 0.05) is 18.5 Å². The monoisotopic (exact) mass is 315 g/mol. The van der Waals surface area contributed by atoms with E-state index >= 15 is 0 Å². The van der Waals surface area contributed by atoms with Crippen molar-refractivity contribution in [3.8, 4) is 0 Å². The highest BCUT2D eigenvalue weighted by molar-refractivity contribution is 7.92. The van der Waals surface area contributed by atoms with Crippen molar-refractivity contribution in [1.82, 2.24) is 0 Å². The minimum atomic E-state index is -3.50. The molecule has 0 unspecified atom stereocenters. The number of rotatable bonds is 3.